The van der Waals surface area contributed by atoms with Gasteiger partial charge in [-0.1, -0.05) is 18.0 Å². The Labute approximate surface area is 127 Å². The van der Waals surface area contributed by atoms with E-state index in [0.717, 1.165) is 25.7 Å². The molecule has 1 saturated heterocycles. The first kappa shape index (κ1) is 14.4. The summed E-state index contributed by atoms with van der Waals surface area (Å²) in [6, 6.07) is 1.27. The summed E-state index contributed by atoms with van der Waals surface area (Å²) in [6.45, 7) is 1.77. The van der Waals surface area contributed by atoms with E-state index in [2.05, 4.69) is 10.5 Å². The van der Waals surface area contributed by atoms with Crippen LogP contribution in [0.3, 0.4) is 0 Å². The number of thioether (sulfide) groups is 1. The van der Waals surface area contributed by atoms with Gasteiger partial charge in [0.15, 0.2) is 5.82 Å². The van der Waals surface area contributed by atoms with E-state index in [0.29, 0.717) is 23.2 Å². The maximum absolute atomic E-state index is 12.5. The minimum Gasteiger partial charge on any atom is -0.360 e. The molecule has 0 aromatic carbocycles. The molecule has 1 N–H and O–H groups in total. The van der Waals surface area contributed by atoms with Gasteiger partial charge in [-0.05, 0) is 19.8 Å². The molecule has 0 bridgehead atoms. The summed E-state index contributed by atoms with van der Waals surface area (Å²) in [6.07, 6.45) is 4.15. The van der Waals surface area contributed by atoms with Crippen molar-refractivity contribution in [3.63, 3.8) is 0 Å². The van der Waals surface area contributed by atoms with Gasteiger partial charge in [0.25, 0.3) is 0 Å². The fourth-order valence-corrected chi connectivity index (χ4v) is 4.08. The lowest BCUT2D eigenvalue weighted by molar-refractivity contribution is -0.139. The molecule has 1 aromatic rings. The SMILES string of the molecule is Cc1cc(NC(=O)[C@@H]2CSCN2C(=O)C2CCCC2)no1. The molecule has 2 aliphatic rings. The van der Waals surface area contributed by atoms with Gasteiger partial charge in [0.2, 0.25) is 11.8 Å². The van der Waals surface area contributed by atoms with E-state index < -0.39 is 6.04 Å². The first-order valence-electron chi connectivity index (χ1n) is 7.27. The fourth-order valence-electron chi connectivity index (χ4n) is 2.92. The monoisotopic (exact) mass is 309 g/mol. The lowest BCUT2D eigenvalue weighted by Crippen LogP contribution is -2.46. The number of nitrogens with zero attached hydrogens (tertiary/aromatic N) is 2. The number of carbonyl (C=O) groups is 2. The van der Waals surface area contributed by atoms with E-state index >= 15 is 0 Å². The number of aromatic nitrogens is 1. The summed E-state index contributed by atoms with van der Waals surface area (Å²) >= 11 is 1.62. The number of carbonyl (C=O) groups excluding carboxylic acids is 2. The highest BCUT2D eigenvalue weighted by atomic mass is 32.2. The van der Waals surface area contributed by atoms with Crippen LogP contribution in [0.25, 0.3) is 0 Å². The Morgan fingerprint density at radius 1 is 1.43 bits per heavy atom. The average molecular weight is 309 g/mol. The van der Waals surface area contributed by atoms with Crippen molar-refractivity contribution in [2.24, 2.45) is 5.92 Å². The molecule has 0 radical (unpaired) electrons. The van der Waals surface area contributed by atoms with E-state index in [4.69, 9.17) is 4.52 Å². The lowest BCUT2D eigenvalue weighted by Gasteiger charge is -2.25. The summed E-state index contributed by atoms with van der Waals surface area (Å²) in [5.41, 5.74) is 0. The molecule has 1 atom stereocenters. The van der Waals surface area contributed by atoms with Gasteiger partial charge < -0.3 is 14.7 Å². The van der Waals surface area contributed by atoms with Gasteiger partial charge in [0.05, 0.1) is 5.88 Å². The molecular formula is C14H19N3O3S. The predicted molar refractivity (Wildman–Crippen MR) is 79.8 cm³/mol. The molecule has 1 aromatic heterocycles. The van der Waals surface area contributed by atoms with Gasteiger partial charge in [0.1, 0.15) is 11.8 Å². The zero-order chi connectivity index (χ0) is 14.8. The Kier molecular flexibility index (Phi) is 4.19. The molecule has 1 saturated carbocycles. The van der Waals surface area contributed by atoms with Gasteiger partial charge in [-0.3, -0.25) is 9.59 Å². The highest BCUT2D eigenvalue weighted by molar-refractivity contribution is 7.99. The van der Waals surface area contributed by atoms with Crippen LogP contribution in [-0.4, -0.2) is 39.5 Å². The number of nitrogens with one attached hydrogen (secondary N) is 1. The van der Waals surface area contributed by atoms with Crippen molar-refractivity contribution in [3.8, 4) is 0 Å². The smallest absolute Gasteiger partial charge is 0.249 e. The maximum Gasteiger partial charge on any atom is 0.249 e. The summed E-state index contributed by atoms with van der Waals surface area (Å²) in [5, 5.41) is 6.49. The van der Waals surface area contributed by atoms with Crippen LogP contribution in [0, 0.1) is 12.8 Å². The zero-order valence-electron chi connectivity index (χ0n) is 12.0. The zero-order valence-corrected chi connectivity index (χ0v) is 12.8. The van der Waals surface area contributed by atoms with Crippen LogP contribution in [0.15, 0.2) is 10.6 Å². The number of amides is 2. The Balaban J connectivity index is 1.65. The molecule has 7 heteroatoms. The molecule has 2 heterocycles. The second kappa shape index (κ2) is 6.09. The second-order valence-corrected chi connectivity index (χ2v) is 6.62. The van der Waals surface area contributed by atoms with E-state index in [1.54, 1.807) is 29.7 Å². The number of hydrogen-bond donors (Lipinski definition) is 1. The lowest BCUT2D eigenvalue weighted by atomic mass is 10.1. The predicted octanol–water partition coefficient (Wildman–Crippen LogP) is 2.01. The van der Waals surface area contributed by atoms with Crippen molar-refractivity contribution in [2.45, 2.75) is 38.6 Å². The summed E-state index contributed by atoms with van der Waals surface area (Å²) in [7, 11) is 0. The van der Waals surface area contributed by atoms with Crippen LogP contribution in [0.4, 0.5) is 5.82 Å². The molecule has 2 amide bonds. The summed E-state index contributed by atoms with van der Waals surface area (Å²) in [4.78, 5) is 26.6. The molecule has 6 nitrogen and oxygen atoms in total. The number of hydrogen-bond acceptors (Lipinski definition) is 5. The van der Waals surface area contributed by atoms with E-state index in [1.165, 1.54) is 0 Å². The van der Waals surface area contributed by atoms with Crippen molar-refractivity contribution in [2.75, 3.05) is 16.9 Å². The Hall–Kier alpha value is -1.50. The Bertz CT molecular complexity index is 539. The van der Waals surface area contributed by atoms with Gasteiger partial charge in [-0.15, -0.1) is 11.8 Å². The molecule has 1 aliphatic carbocycles. The Morgan fingerprint density at radius 3 is 2.86 bits per heavy atom. The quantitative estimate of drug-likeness (QED) is 0.924. The average Bonchev–Trinajstić information content (AvgIpc) is 3.19. The van der Waals surface area contributed by atoms with Crippen LogP contribution in [-0.2, 0) is 9.59 Å². The van der Waals surface area contributed by atoms with Crippen molar-refractivity contribution in [1.29, 1.82) is 0 Å². The molecule has 3 rings (SSSR count). The van der Waals surface area contributed by atoms with Gasteiger partial charge >= 0.3 is 0 Å². The maximum atomic E-state index is 12.5. The third kappa shape index (κ3) is 3.07. The van der Waals surface area contributed by atoms with Crippen molar-refractivity contribution >= 4 is 29.4 Å². The van der Waals surface area contributed by atoms with Gasteiger partial charge in [-0.25, -0.2) is 0 Å². The second-order valence-electron chi connectivity index (χ2n) is 5.62. The topological polar surface area (TPSA) is 75.4 Å². The molecule has 0 unspecified atom stereocenters. The van der Waals surface area contributed by atoms with Gasteiger partial charge in [0, 0.05) is 17.7 Å². The van der Waals surface area contributed by atoms with Crippen LogP contribution >= 0.6 is 11.8 Å². The van der Waals surface area contributed by atoms with Gasteiger partial charge in [-0.2, -0.15) is 0 Å². The minimum absolute atomic E-state index is 0.105. The van der Waals surface area contributed by atoms with Crippen molar-refractivity contribution < 1.29 is 14.1 Å². The number of anilines is 1. The molecule has 0 spiro atoms. The van der Waals surface area contributed by atoms with E-state index in [1.807, 2.05) is 0 Å². The largest absolute Gasteiger partial charge is 0.360 e. The molecule has 2 fully saturated rings. The van der Waals surface area contributed by atoms with Crippen molar-refractivity contribution in [1.82, 2.24) is 10.1 Å². The standard InChI is InChI=1S/C14H19N3O3S/c1-9-6-12(16-20-9)15-13(18)11-7-21-8-17(11)14(19)10-4-2-3-5-10/h6,10-11H,2-5,7-8H2,1H3,(H,15,16,18)/t11-/m0/s1. The first-order valence-corrected chi connectivity index (χ1v) is 8.43. The fraction of sp³-hybridized carbons (Fsp3) is 0.643. The van der Waals surface area contributed by atoms with Crippen LogP contribution in [0.5, 0.6) is 0 Å². The normalized spacial score (nSPS) is 22.7. The number of aryl methyl sites for hydroxylation is 1. The van der Waals surface area contributed by atoms with Crippen molar-refractivity contribution in [3.05, 3.63) is 11.8 Å². The molecular weight excluding hydrogens is 290 g/mol. The van der Waals surface area contributed by atoms with E-state index in [9.17, 15) is 9.59 Å². The number of rotatable bonds is 3. The van der Waals surface area contributed by atoms with E-state index in [-0.39, 0.29) is 17.7 Å². The summed E-state index contributed by atoms with van der Waals surface area (Å²) < 4.78 is 4.93. The summed E-state index contributed by atoms with van der Waals surface area (Å²) in [5.74, 6) is 2.35. The molecule has 21 heavy (non-hydrogen) atoms. The third-order valence-electron chi connectivity index (χ3n) is 4.05. The third-order valence-corrected chi connectivity index (χ3v) is 5.06. The van der Waals surface area contributed by atoms with Crippen LogP contribution in [0.2, 0.25) is 0 Å². The Morgan fingerprint density at radius 2 is 2.19 bits per heavy atom. The highest BCUT2D eigenvalue weighted by Gasteiger charge is 2.38. The van der Waals surface area contributed by atoms with Crippen LogP contribution < -0.4 is 5.32 Å². The first-order chi connectivity index (χ1) is 10.1. The highest BCUT2D eigenvalue weighted by Crippen LogP contribution is 2.31. The minimum atomic E-state index is -0.403. The molecule has 1 aliphatic heterocycles. The van der Waals surface area contributed by atoms with Crippen LogP contribution in [0.1, 0.15) is 31.4 Å². The molecule has 114 valence electrons.